The Balaban J connectivity index is 2.94. The van der Waals surface area contributed by atoms with Crippen molar-refractivity contribution in [2.75, 3.05) is 0 Å². The summed E-state index contributed by atoms with van der Waals surface area (Å²) in [5, 5.41) is 1.16. The lowest BCUT2D eigenvalue weighted by molar-refractivity contribution is 1.39. The largest absolute Gasteiger partial charge is 0.234 e. The maximum Gasteiger partial charge on any atom is 0.181 e. The molecule has 0 saturated heterocycles. The molecule has 0 radical (unpaired) electrons. The quantitative estimate of drug-likeness (QED) is 0.576. The van der Waals surface area contributed by atoms with Crippen LogP contribution in [0.3, 0.4) is 0 Å². The van der Waals surface area contributed by atoms with Crippen molar-refractivity contribution in [2.24, 2.45) is 0 Å². The highest BCUT2D eigenvalue weighted by atomic mass is 32.1. The molecule has 0 fully saturated rings. The molecule has 0 amide bonds. The van der Waals surface area contributed by atoms with Crippen LogP contribution >= 0.6 is 23.6 Å². The van der Waals surface area contributed by atoms with Crippen molar-refractivity contribution >= 4 is 33.6 Å². The normalized spacial score (nSPS) is 10.2. The minimum Gasteiger partial charge on any atom is -0.234 e. The van der Waals surface area contributed by atoms with Gasteiger partial charge in [-0.05, 0) is 18.3 Å². The van der Waals surface area contributed by atoms with Crippen LogP contribution in [0.4, 0.5) is 0 Å². The molecule has 1 heterocycles. The molecule has 0 spiro atoms. The van der Waals surface area contributed by atoms with Gasteiger partial charge in [-0.1, -0.05) is 18.2 Å². The zero-order chi connectivity index (χ0) is 7.68. The Morgan fingerprint density at radius 3 is 3.00 bits per heavy atom. The molecule has 2 aromatic rings. The van der Waals surface area contributed by atoms with Crippen molar-refractivity contribution in [3.63, 3.8) is 0 Å². The SMILES string of the molecule is S=c1ncc2ccccc2s1. The number of hydrogen-bond acceptors (Lipinski definition) is 3. The van der Waals surface area contributed by atoms with Gasteiger partial charge in [0.1, 0.15) is 0 Å². The van der Waals surface area contributed by atoms with Crippen LogP contribution in [0.25, 0.3) is 10.1 Å². The van der Waals surface area contributed by atoms with Crippen molar-refractivity contribution in [3.05, 3.63) is 34.4 Å². The van der Waals surface area contributed by atoms with Gasteiger partial charge in [0, 0.05) is 16.3 Å². The molecule has 0 aliphatic rings. The number of fused-ring (bicyclic) bond motifs is 1. The van der Waals surface area contributed by atoms with Gasteiger partial charge in [-0.15, -0.1) is 11.3 Å². The summed E-state index contributed by atoms with van der Waals surface area (Å²) in [5.41, 5.74) is 0. The summed E-state index contributed by atoms with van der Waals surface area (Å²) in [6, 6.07) is 8.10. The molecule has 1 nitrogen and oxygen atoms in total. The first-order chi connectivity index (χ1) is 5.36. The number of hydrogen-bond donors (Lipinski definition) is 0. The van der Waals surface area contributed by atoms with E-state index >= 15 is 0 Å². The number of rotatable bonds is 0. The molecule has 0 N–H and O–H groups in total. The minimum absolute atomic E-state index is 0.698. The molecule has 0 aliphatic carbocycles. The Hall–Kier alpha value is -0.800. The van der Waals surface area contributed by atoms with Crippen LogP contribution in [0.15, 0.2) is 30.5 Å². The van der Waals surface area contributed by atoms with Crippen molar-refractivity contribution in [2.45, 2.75) is 0 Å². The molecule has 11 heavy (non-hydrogen) atoms. The van der Waals surface area contributed by atoms with Gasteiger partial charge >= 0.3 is 0 Å². The number of aromatic nitrogens is 1. The molecule has 54 valence electrons. The van der Waals surface area contributed by atoms with Crippen LogP contribution in [0.5, 0.6) is 0 Å². The summed E-state index contributed by atoms with van der Waals surface area (Å²) >= 11 is 6.49. The third kappa shape index (κ3) is 1.29. The maximum atomic E-state index is 4.95. The predicted molar refractivity (Wildman–Crippen MR) is 50.5 cm³/mol. The summed E-state index contributed by atoms with van der Waals surface area (Å²) in [7, 11) is 0. The van der Waals surface area contributed by atoms with Crippen molar-refractivity contribution in [3.8, 4) is 0 Å². The fraction of sp³-hybridized carbons (Fsp3) is 0. The van der Waals surface area contributed by atoms with E-state index in [0.29, 0.717) is 3.95 Å². The molecule has 3 heteroatoms. The first kappa shape index (κ1) is 6.88. The van der Waals surface area contributed by atoms with Crippen molar-refractivity contribution < 1.29 is 0 Å². The second-order valence-electron chi connectivity index (χ2n) is 2.16. The summed E-state index contributed by atoms with van der Waals surface area (Å²) < 4.78 is 1.90. The van der Waals surface area contributed by atoms with Gasteiger partial charge in [-0.25, -0.2) is 4.98 Å². The van der Waals surface area contributed by atoms with E-state index in [2.05, 4.69) is 11.1 Å². The molecule has 2 rings (SSSR count). The van der Waals surface area contributed by atoms with Crippen LogP contribution < -0.4 is 0 Å². The lowest BCUT2D eigenvalue weighted by atomic mass is 10.3. The van der Waals surface area contributed by atoms with E-state index < -0.39 is 0 Å². The highest BCUT2D eigenvalue weighted by Crippen LogP contribution is 2.16. The molecular weight excluding hydrogens is 174 g/mol. The first-order valence-electron chi connectivity index (χ1n) is 3.21. The van der Waals surface area contributed by atoms with Crippen LogP contribution in [-0.2, 0) is 0 Å². The highest BCUT2D eigenvalue weighted by molar-refractivity contribution is 7.73. The highest BCUT2D eigenvalue weighted by Gasteiger charge is 1.90. The van der Waals surface area contributed by atoms with E-state index in [1.165, 1.54) is 4.70 Å². The smallest absolute Gasteiger partial charge is 0.181 e. The predicted octanol–water partition coefficient (Wildman–Crippen LogP) is 3.03. The Kier molecular flexibility index (Phi) is 1.68. The molecular formula is C8H5NS2. The van der Waals surface area contributed by atoms with E-state index in [0.717, 1.165) is 5.39 Å². The van der Waals surface area contributed by atoms with E-state index in [4.69, 9.17) is 12.2 Å². The second kappa shape index (κ2) is 2.68. The molecule has 0 unspecified atom stereocenters. The maximum absolute atomic E-state index is 4.95. The zero-order valence-electron chi connectivity index (χ0n) is 5.65. The summed E-state index contributed by atoms with van der Waals surface area (Å²) in [4.78, 5) is 4.04. The number of nitrogens with zero attached hydrogens (tertiary/aromatic N) is 1. The van der Waals surface area contributed by atoms with E-state index in [-0.39, 0.29) is 0 Å². The third-order valence-electron chi connectivity index (χ3n) is 1.43. The molecule has 1 aromatic carbocycles. The van der Waals surface area contributed by atoms with E-state index in [1.807, 2.05) is 24.4 Å². The van der Waals surface area contributed by atoms with Gasteiger partial charge in [-0.3, -0.25) is 0 Å². The molecule has 1 aromatic heterocycles. The topological polar surface area (TPSA) is 12.9 Å². The fourth-order valence-electron chi connectivity index (χ4n) is 0.923. The lowest BCUT2D eigenvalue weighted by Gasteiger charge is -1.91. The van der Waals surface area contributed by atoms with E-state index in [1.54, 1.807) is 11.3 Å². The van der Waals surface area contributed by atoms with Gasteiger partial charge < -0.3 is 0 Å². The third-order valence-corrected chi connectivity index (χ3v) is 2.65. The van der Waals surface area contributed by atoms with Crippen molar-refractivity contribution in [1.82, 2.24) is 4.98 Å². The summed E-state index contributed by atoms with van der Waals surface area (Å²) in [6.45, 7) is 0. The van der Waals surface area contributed by atoms with Gasteiger partial charge in [0.05, 0.1) is 0 Å². The lowest BCUT2D eigenvalue weighted by Crippen LogP contribution is -1.71. The van der Waals surface area contributed by atoms with E-state index in [9.17, 15) is 0 Å². The van der Waals surface area contributed by atoms with Gasteiger partial charge in [0.2, 0.25) is 0 Å². The molecule has 0 atom stereocenters. The average molecular weight is 179 g/mol. The zero-order valence-corrected chi connectivity index (χ0v) is 7.28. The Morgan fingerprint density at radius 1 is 1.27 bits per heavy atom. The Bertz CT molecular complexity index is 433. The fourth-order valence-corrected chi connectivity index (χ4v) is 1.92. The molecule has 0 saturated carbocycles. The Morgan fingerprint density at radius 2 is 2.09 bits per heavy atom. The monoisotopic (exact) mass is 179 g/mol. The van der Waals surface area contributed by atoms with Gasteiger partial charge in [0.15, 0.2) is 3.95 Å². The van der Waals surface area contributed by atoms with Crippen LogP contribution in [0.1, 0.15) is 0 Å². The molecule has 0 aliphatic heterocycles. The summed E-state index contributed by atoms with van der Waals surface area (Å²) in [5.74, 6) is 0. The second-order valence-corrected chi connectivity index (χ2v) is 3.84. The first-order valence-corrected chi connectivity index (χ1v) is 4.43. The summed E-state index contributed by atoms with van der Waals surface area (Å²) in [6.07, 6.45) is 1.81. The number of benzene rings is 1. The Labute approximate surface area is 73.3 Å². The van der Waals surface area contributed by atoms with Crippen molar-refractivity contribution in [1.29, 1.82) is 0 Å². The minimum atomic E-state index is 0.698. The van der Waals surface area contributed by atoms with Crippen LogP contribution in [0, 0.1) is 3.95 Å². The van der Waals surface area contributed by atoms with Gasteiger partial charge in [-0.2, -0.15) is 0 Å². The van der Waals surface area contributed by atoms with Gasteiger partial charge in [0.25, 0.3) is 0 Å². The standard InChI is InChI=1S/C8H5NS2/c10-8-9-5-6-3-1-2-4-7(6)11-8/h1-5H. The molecule has 0 bridgehead atoms. The van der Waals surface area contributed by atoms with Crippen LogP contribution in [-0.4, -0.2) is 4.98 Å². The average Bonchev–Trinajstić information content (AvgIpc) is 2.04. The van der Waals surface area contributed by atoms with Crippen LogP contribution in [0.2, 0.25) is 0 Å².